The van der Waals surface area contributed by atoms with E-state index in [-0.39, 0.29) is 38.0 Å². The van der Waals surface area contributed by atoms with Crippen molar-refractivity contribution < 1.29 is 21.7 Å². The Morgan fingerprint density at radius 1 is 0.438 bits per heavy atom. The second-order valence-electron chi connectivity index (χ2n) is 7.68. The van der Waals surface area contributed by atoms with Gasteiger partial charge in [0.2, 0.25) is 0 Å². The summed E-state index contributed by atoms with van der Waals surface area (Å²) in [4.78, 5) is 0. The van der Waals surface area contributed by atoms with Crippen molar-refractivity contribution in [2.45, 2.75) is 62.3 Å². The summed E-state index contributed by atoms with van der Waals surface area (Å²) in [6.45, 7) is 30.0. The molecule has 0 aromatic carbocycles. The standard InChI is InChI=1S/3C5H11.Ti/c3*1-5(2,3)4;/h3*1H2,2-4H3;/q3*-1;+3. The Kier molecular flexibility index (Phi) is 15.5. The summed E-state index contributed by atoms with van der Waals surface area (Å²) in [6.07, 6.45) is 0. The van der Waals surface area contributed by atoms with Gasteiger partial charge in [-0.25, -0.2) is 0 Å². The topological polar surface area (TPSA) is 0 Å². The number of rotatable bonds is 0. The van der Waals surface area contributed by atoms with Crippen molar-refractivity contribution in [3.63, 3.8) is 0 Å². The first kappa shape index (κ1) is 25.5. The Balaban J connectivity index is -0.0000000655. The molecular formula is C15H33Ti. The van der Waals surface area contributed by atoms with Crippen LogP contribution in [0.5, 0.6) is 0 Å². The molecule has 0 N–H and O–H groups in total. The molecule has 16 heavy (non-hydrogen) atoms. The summed E-state index contributed by atoms with van der Waals surface area (Å²) >= 11 is 0. The average molecular weight is 261 g/mol. The smallest absolute Gasteiger partial charge is 0.338 e. The molecule has 0 spiro atoms. The van der Waals surface area contributed by atoms with Crippen LogP contribution in [0.4, 0.5) is 0 Å². The maximum Gasteiger partial charge on any atom is 3.00 e. The maximum atomic E-state index is 3.77. The molecule has 0 aliphatic carbocycles. The monoisotopic (exact) mass is 261 g/mol. The third-order valence-corrected chi connectivity index (χ3v) is 0. The van der Waals surface area contributed by atoms with Gasteiger partial charge in [-0.2, -0.15) is 16.2 Å². The largest absolute Gasteiger partial charge is 3.00 e. The minimum atomic E-state index is 0. The third-order valence-electron chi connectivity index (χ3n) is 0. The first-order valence-corrected chi connectivity index (χ1v) is 5.56. The molecule has 1 radical (unpaired) electrons. The van der Waals surface area contributed by atoms with Crippen LogP contribution in [-0.2, 0) is 21.7 Å². The molecule has 0 atom stereocenters. The van der Waals surface area contributed by atoms with Gasteiger partial charge in [0.15, 0.2) is 0 Å². The van der Waals surface area contributed by atoms with E-state index in [2.05, 4.69) is 83.1 Å². The molecule has 0 saturated heterocycles. The fourth-order valence-electron chi connectivity index (χ4n) is 0. The molecule has 0 aliphatic heterocycles. The van der Waals surface area contributed by atoms with E-state index in [1.54, 1.807) is 0 Å². The summed E-state index contributed by atoms with van der Waals surface area (Å²) in [5.74, 6) is 0. The van der Waals surface area contributed by atoms with Crippen molar-refractivity contribution >= 4 is 0 Å². The average Bonchev–Trinajstić information content (AvgIpc) is 1.41. The SMILES string of the molecule is [CH2-]C(C)(C)C.[CH2-]C(C)(C)C.[CH2-]C(C)(C)C.[Ti+3]. The van der Waals surface area contributed by atoms with Crippen LogP contribution in [0.3, 0.4) is 0 Å². The molecular weight excluding hydrogens is 228 g/mol. The van der Waals surface area contributed by atoms with E-state index in [1.807, 2.05) is 0 Å². The predicted molar refractivity (Wildman–Crippen MR) is 74.4 cm³/mol. The van der Waals surface area contributed by atoms with Gasteiger partial charge in [0, 0.05) is 0 Å². The summed E-state index contributed by atoms with van der Waals surface area (Å²) < 4.78 is 0. The molecule has 0 saturated carbocycles. The molecule has 0 heterocycles. The second-order valence-corrected chi connectivity index (χ2v) is 7.68. The summed E-state index contributed by atoms with van der Waals surface area (Å²) in [5.41, 5.74) is 0.750. The zero-order chi connectivity index (χ0) is 13.5. The van der Waals surface area contributed by atoms with Crippen molar-refractivity contribution in [2.75, 3.05) is 0 Å². The zero-order valence-electron chi connectivity index (χ0n) is 13.1. The number of hydrogen-bond donors (Lipinski definition) is 0. The molecule has 0 bridgehead atoms. The van der Waals surface area contributed by atoms with Gasteiger partial charge in [0.05, 0.1) is 0 Å². The second kappa shape index (κ2) is 9.71. The van der Waals surface area contributed by atoms with E-state index in [4.69, 9.17) is 0 Å². The van der Waals surface area contributed by atoms with Gasteiger partial charge in [0.25, 0.3) is 0 Å². The molecule has 1 heteroatoms. The van der Waals surface area contributed by atoms with E-state index in [0.29, 0.717) is 0 Å². The summed E-state index contributed by atoms with van der Waals surface area (Å²) in [5, 5.41) is 0. The van der Waals surface area contributed by atoms with Gasteiger partial charge in [-0.15, -0.1) is 0 Å². The molecule has 97 valence electrons. The van der Waals surface area contributed by atoms with Crippen molar-refractivity contribution in [3.8, 4) is 0 Å². The van der Waals surface area contributed by atoms with Crippen LogP contribution in [0, 0.1) is 37.0 Å². The minimum absolute atomic E-state index is 0. The van der Waals surface area contributed by atoms with Crippen molar-refractivity contribution in [1.29, 1.82) is 0 Å². The predicted octanol–water partition coefficient (Wildman–Crippen LogP) is 5.60. The van der Waals surface area contributed by atoms with E-state index < -0.39 is 0 Å². The van der Waals surface area contributed by atoms with Gasteiger partial charge >= 0.3 is 21.7 Å². The van der Waals surface area contributed by atoms with Gasteiger partial charge in [-0.1, -0.05) is 62.3 Å². The van der Waals surface area contributed by atoms with Crippen LogP contribution in [0.15, 0.2) is 0 Å². The Hall–Kier alpha value is 0.714. The normalized spacial score (nSPS) is 11.2. The Labute approximate surface area is 121 Å². The van der Waals surface area contributed by atoms with Gasteiger partial charge in [-0.05, 0) is 0 Å². The van der Waals surface area contributed by atoms with E-state index >= 15 is 0 Å². The first-order chi connectivity index (χ1) is 6.00. The van der Waals surface area contributed by atoms with Crippen LogP contribution in [0.1, 0.15) is 62.3 Å². The van der Waals surface area contributed by atoms with E-state index in [0.717, 1.165) is 0 Å². The molecule has 0 aromatic rings. The van der Waals surface area contributed by atoms with Crippen LogP contribution in [-0.4, -0.2) is 0 Å². The third kappa shape index (κ3) is 5420. The minimum Gasteiger partial charge on any atom is -0.338 e. The van der Waals surface area contributed by atoms with Crippen LogP contribution >= 0.6 is 0 Å². The zero-order valence-corrected chi connectivity index (χ0v) is 14.7. The van der Waals surface area contributed by atoms with Gasteiger partial charge in [0.1, 0.15) is 0 Å². The van der Waals surface area contributed by atoms with Crippen molar-refractivity contribution in [3.05, 3.63) is 20.8 Å². The van der Waals surface area contributed by atoms with Crippen LogP contribution < -0.4 is 0 Å². The first-order valence-electron chi connectivity index (χ1n) is 5.56. The summed E-state index contributed by atoms with van der Waals surface area (Å²) in [7, 11) is 0. The Bertz CT molecular complexity index is 80.5. The van der Waals surface area contributed by atoms with Crippen molar-refractivity contribution in [1.82, 2.24) is 0 Å². The fraction of sp³-hybridized carbons (Fsp3) is 0.800. The van der Waals surface area contributed by atoms with Crippen molar-refractivity contribution in [2.24, 2.45) is 16.2 Å². The van der Waals surface area contributed by atoms with E-state index in [9.17, 15) is 0 Å². The Morgan fingerprint density at radius 3 is 0.438 bits per heavy atom. The van der Waals surface area contributed by atoms with Gasteiger partial charge in [-0.3, -0.25) is 0 Å². The van der Waals surface area contributed by atoms with Crippen LogP contribution in [0.25, 0.3) is 0 Å². The molecule has 0 aliphatic rings. The summed E-state index contributed by atoms with van der Waals surface area (Å²) in [6, 6.07) is 0. The maximum absolute atomic E-state index is 3.77. The molecule has 0 unspecified atom stereocenters. The molecule has 0 fully saturated rings. The Morgan fingerprint density at radius 2 is 0.438 bits per heavy atom. The molecule has 0 rings (SSSR count). The molecule has 0 nitrogen and oxygen atoms in total. The molecule has 0 amide bonds. The quantitative estimate of drug-likeness (QED) is 0.393. The van der Waals surface area contributed by atoms with Crippen LogP contribution in [0.2, 0.25) is 0 Å². The van der Waals surface area contributed by atoms with E-state index in [1.165, 1.54) is 0 Å². The van der Waals surface area contributed by atoms with Gasteiger partial charge < -0.3 is 20.8 Å². The molecule has 0 aromatic heterocycles. The fourth-order valence-corrected chi connectivity index (χ4v) is 0. The number of hydrogen-bond acceptors (Lipinski definition) is 0.